The van der Waals surface area contributed by atoms with Gasteiger partial charge in [-0.25, -0.2) is 0 Å². The lowest BCUT2D eigenvalue weighted by Gasteiger charge is -2.53. The summed E-state index contributed by atoms with van der Waals surface area (Å²) < 4.78 is 5.70. The van der Waals surface area contributed by atoms with E-state index in [1.807, 2.05) is 6.92 Å². The van der Waals surface area contributed by atoms with Crippen LogP contribution in [-0.4, -0.2) is 17.3 Å². The normalized spacial score (nSPS) is 39.0. The standard InChI is InChI=1S/C23H30O2/c1-4-22-13-11-19-18-10-8-17(25-6-3)15-16(18)7-9-20(19)21(22)12-14-23(22,24)5-2/h2,8,10,15,19-21,24H,4,6-7,9,11-14H2,1,3H3/t19-,20-,21+,22?,23+/m1/s1. The quantitative estimate of drug-likeness (QED) is 0.810. The molecule has 1 N–H and O–H groups in total. The molecule has 1 unspecified atom stereocenters. The molecule has 3 aliphatic carbocycles. The molecule has 2 heteroatoms. The molecule has 0 aliphatic heterocycles. The predicted octanol–water partition coefficient (Wildman–Crippen LogP) is 4.70. The smallest absolute Gasteiger partial charge is 0.131 e. The fourth-order valence-electron chi connectivity index (χ4n) is 6.59. The number of hydrogen-bond donors (Lipinski definition) is 1. The summed E-state index contributed by atoms with van der Waals surface area (Å²) in [5, 5.41) is 11.2. The summed E-state index contributed by atoms with van der Waals surface area (Å²) >= 11 is 0. The second-order valence-corrected chi connectivity index (χ2v) is 8.30. The van der Waals surface area contributed by atoms with Crippen LogP contribution < -0.4 is 4.74 Å². The second-order valence-electron chi connectivity index (χ2n) is 8.30. The third-order valence-corrected chi connectivity index (χ3v) is 7.73. The zero-order chi connectivity index (χ0) is 17.7. The van der Waals surface area contributed by atoms with Crippen LogP contribution in [0, 0.1) is 29.6 Å². The molecule has 0 aromatic heterocycles. The number of hydrogen-bond acceptors (Lipinski definition) is 2. The van der Waals surface area contributed by atoms with Gasteiger partial charge in [0.25, 0.3) is 0 Å². The van der Waals surface area contributed by atoms with E-state index >= 15 is 0 Å². The number of fused-ring (bicyclic) bond motifs is 5. The van der Waals surface area contributed by atoms with E-state index < -0.39 is 5.60 Å². The Morgan fingerprint density at radius 1 is 1.24 bits per heavy atom. The SMILES string of the molecule is C#C[C@]1(O)CC[C@H]2[C@@H]3CCc4cc(OCC)ccc4[C@H]3CCC21CC. The van der Waals surface area contributed by atoms with Crippen molar-refractivity contribution >= 4 is 0 Å². The van der Waals surface area contributed by atoms with E-state index in [0.717, 1.165) is 50.9 Å². The molecule has 0 heterocycles. The fourth-order valence-corrected chi connectivity index (χ4v) is 6.59. The highest BCUT2D eigenvalue weighted by Gasteiger charge is 2.62. The molecule has 5 atom stereocenters. The van der Waals surface area contributed by atoms with Gasteiger partial charge in [-0.3, -0.25) is 0 Å². The minimum Gasteiger partial charge on any atom is -0.494 e. The Bertz CT molecular complexity index is 703. The lowest BCUT2D eigenvalue weighted by Crippen LogP contribution is -2.51. The van der Waals surface area contributed by atoms with Crippen molar-refractivity contribution in [3.05, 3.63) is 29.3 Å². The van der Waals surface area contributed by atoms with Crippen LogP contribution in [0.4, 0.5) is 0 Å². The maximum atomic E-state index is 11.2. The topological polar surface area (TPSA) is 29.5 Å². The largest absolute Gasteiger partial charge is 0.494 e. The van der Waals surface area contributed by atoms with Gasteiger partial charge in [-0.05, 0) is 92.9 Å². The molecule has 0 spiro atoms. The first-order valence-electron chi connectivity index (χ1n) is 10.0. The summed E-state index contributed by atoms with van der Waals surface area (Å²) in [6.07, 6.45) is 13.2. The van der Waals surface area contributed by atoms with Gasteiger partial charge in [0.15, 0.2) is 0 Å². The maximum absolute atomic E-state index is 11.2. The van der Waals surface area contributed by atoms with Gasteiger partial charge in [-0.1, -0.05) is 18.9 Å². The van der Waals surface area contributed by atoms with E-state index in [1.165, 1.54) is 17.5 Å². The molecule has 134 valence electrons. The van der Waals surface area contributed by atoms with Gasteiger partial charge in [0.05, 0.1) is 6.61 Å². The highest BCUT2D eigenvalue weighted by molar-refractivity contribution is 5.41. The van der Waals surface area contributed by atoms with E-state index in [9.17, 15) is 5.11 Å². The zero-order valence-electron chi connectivity index (χ0n) is 15.6. The van der Waals surface area contributed by atoms with Crippen molar-refractivity contribution in [3.8, 4) is 18.1 Å². The molecule has 1 aromatic carbocycles. The molecule has 2 fully saturated rings. The van der Waals surface area contributed by atoms with Crippen LogP contribution >= 0.6 is 0 Å². The summed E-state index contributed by atoms with van der Waals surface area (Å²) in [6.45, 7) is 4.98. The Kier molecular flexibility index (Phi) is 4.12. The van der Waals surface area contributed by atoms with E-state index in [2.05, 4.69) is 31.0 Å². The Labute approximate surface area is 152 Å². The van der Waals surface area contributed by atoms with E-state index in [1.54, 1.807) is 0 Å². The lowest BCUT2D eigenvalue weighted by molar-refractivity contribution is -0.0799. The summed E-state index contributed by atoms with van der Waals surface area (Å²) in [6, 6.07) is 6.69. The lowest BCUT2D eigenvalue weighted by atomic mass is 9.52. The zero-order valence-corrected chi connectivity index (χ0v) is 15.6. The molecule has 2 saturated carbocycles. The molecule has 0 bridgehead atoms. The van der Waals surface area contributed by atoms with Crippen molar-refractivity contribution in [1.29, 1.82) is 0 Å². The third-order valence-electron chi connectivity index (χ3n) is 7.73. The Balaban J connectivity index is 1.68. The number of benzene rings is 1. The molecule has 3 aliphatic rings. The first kappa shape index (κ1) is 17.0. The fraction of sp³-hybridized carbons (Fsp3) is 0.652. The Hall–Kier alpha value is -1.46. The molecular weight excluding hydrogens is 308 g/mol. The summed E-state index contributed by atoms with van der Waals surface area (Å²) in [5.41, 5.74) is 2.05. The molecular formula is C23H30O2. The van der Waals surface area contributed by atoms with Crippen molar-refractivity contribution in [2.24, 2.45) is 17.3 Å². The van der Waals surface area contributed by atoms with E-state index in [4.69, 9.17) is 11.2 Å². The maximum Gasteiger partial charge on any atom is 0.131 e. The molecule has 4 rings (SSSR count). The summed E-state index contributed by atoms with van der Waals surface area (Å²) in [5.74, 6) is 5.67. The first-order chi connectivity index (χ1) is 12.1. The molecule has 0 amide bonds. The minimum atomic E-state index is -0.892. The number of terminal acetylenes is 1. The van der Waals surface area contributed by atoms with Gasteiger partial charge in [0, 0.05) is 5.41 Å². The first-order valence-corrected chi connectivity index (χ1v) is 10.0. The average Bonchev–Trinajstić information content (AvgIpc) is 2.95. The van der Waals surface area contributed by atoms with Gasteiger partial charge in [0.2, 0.25) is 0 Å². The van der Waals surface area contributed by atoms with Crippen LogP contribution in [0.25, 0.3) is 0 Å². The summed E-state index contributed by atoms with van der Waals surface area (Å²) in [7, 11) is 0. The number of aryl methyl sites for hydroxylation is 1. The van der Waals surface area contributed by atoms with Crippen molar-refractivity contribution in [1.82, 2.24) is 0 Å². The van der Waals surface area contributed by atoms with Crippen molar-refractivity contribution in [2.75, 3.05) is 6.61 Å². The predicted molar refractivity (Wildman–Crippen MR) is 101 cm³/mol. The third kappa shape index (κ3) is 2.28. The molecule has 2 nitrogen and oxygen atoms in total. The number of ether oxygens (including phenoxy) is 1. The highest BCUT2D eigenvalue weighted by Crippen LogP contribution is 2.65. The van der Waals surface area contributed by atoms with E-state index in [-0.39, 0.29) is 5.41 Å². The van der Waals surface area contributed by atoms with Crippen LogP contribution in [0.2, 0.25) is 0 Å². The van der Waals surface area contributed by atoms with Crippen LogP contribution in [0.15, 0.2) is 18.2 Å². The van der Waals surface area contributed by atoms with Crippen molar-refractivity contribution in [2.45, 2.75) is 70.3 Å². The minimum absolute atomic E-state index is 0.0638. The van der Waals surface area contributed by atoms with E-state index in [0.29, 0.717) is 17.8 Å². The Morgan fingerprint density at radius 2 is 2.08 bits per heavy atom. The molecule has 25 heavy (non-hydrogen) atoms. The van der Waals surface area contributed by atoms with Crippen LogP contribution in [-0.2, 0) is 6.42 Å². The van der Waals surface area contributed by atoms with Crippen LogP contribution in [0.3, 0.4) is 0 Å². The second kappa shape index (κ2) is 6.06. The molecule has 0 radical (unpaired) electrons. The Morgan fingerprint density at radius 3 is 2.80 bits per heavy atom. The average molecular weight is 338 g/mol. The number of rotatable bonds is 3. The van der Waals surface area contributed by atoms with Gasteiger partial charge in [-0.2, -0.15) is 0 Å². The van der Waals surface area contributed by atoms with Crippen LogP contribution in [0.1, 0.15) is 69.4 Å². The van der Waals surface area contributed by atoms with Gasteiger partial charge in [-0.15, -0.1) is 6.42 Å². The van der Waals surface area contributed by atoms with Gasteiger partial charge >= 0.3 is 0 Å². The molecule has 0 saturated heterocycles. The summed E-state index contributed by atoms with van der Waals surface area (Å²) in [4.78, 5) is 0. The van der Waals surface area contributed by atoms with Crippen molar-refractivity contribution < 1.29 is 9.84 Å². The highest BCUT2D eigenvalue weighted by atomic mass is 16.5. The van der Waals surface area contributed by atoms with Gasteiger partial charge in [0.1, 0.15) is 11.4 Å². The van der Waals surface area contributed by atoms with Crippen LogP contribution in [0.5, 0.6) is 5.75 Å². The van der Waals surface area contributed by atoms with Gasteiger partial charge < -0.3 is 9.84 Å². The van der Waals surface area contributed by atoms with Crippen molar-refractivity contribution in [3.63, 3.8) is 0 Å². The number of aliphatic hydroxyl groups is 1. The monoisotopic (exact) mass is 338 g/mol. The molecule has 1 aromatic rings.